The average Bonchev–Trinajstić information content (AvgIpc) is 3.79. The minimum atomic E-state index is -2.41. The van der Waals surface area contributed by atoms with Gasteiger partial charge < -0.3 is 33.6 Å². The third-order valence-electron chi connectivity index (χ3n) is 11.6. The Balaban J connectivity index is 1.28. The Morgan fingerprint density at radius 3 is 1.93 bits per heavy atom. The van der Waals surface area contributed by atoms with Crippen LogP contribution in [0.2, 0.25) is 18.1 Å². The van der Waals surface area contributed by atoms with Gasteiger partial charge in [0.2, 0.25) is 0 Å². The molecule has 12 heteroatoms. The predicted octanol–water partition coefficient (Wildman–Crippen LogP) is 8.42. The molecular formula is C45H51N5O6Si. The zero-order chi connectivity index (χ0) is 40.4. The van der Waals surface area contributed by atoms with E-state index in [1.807, 2.05) is 77.4 Å². The van der Waals surface area contributed by atoms with Crippen LogP contribution in [0.15, 0.2) is 122 Å². The van der Waals surface area contributed by atoms with Crippen molar-refractivity contribution in [2.24, 2.45) is 5.92 Å². The van der Waals surface area contributed by atoms with E-state index >= 15 is 0 Å². The number of hydrogen-bond donors (Lipinski definition) is 2. The van der Waals surface area contributed by atoms with Crippen LogP contribution in [0.3, 0.4) is 0 Å². The maximum atomic E-state index is 13.1. The number of carbonyl (C=O) groups is 1. The standard InChI is InChI=1S/C45H51N5O6Si/c1-44(2,3)57(6,7)56-40-31(26-37(39(40)51)50-29-48-38-41(46-28-47-42(38)50)49-43(52)30-14-10-8-11-15-30)27-55-45(32-16-12-9-13-17-32,33-18-22-35(53-4)23-19-33)34-20-24-36(54-5)25-21-34/h8-25,28-29,31,37,39-40,51H,26-27H2,1-7H3,(H,46,47,49,52)/t31-,37-,39+,40-/m1/s1. The Labute approximate surface area is 335 Å². The molecule has 11 nitrogen and oxygen atoms in total. The van der Waals surface area contributed by atoms with Gasteiger partial charge in [0, 0.05) is 11.5 Å². The summed E-state index contributed by atoms with van der Waals surface area (Å²) in [7, 11) is 0.897. The number of amides is 1. The van der Waals surface area contributed by atoms with Gasteiger partial charge in [0.25, 0.3) is 5.91 Å². The molecule has 0 bridgehead atoms. The van der Waals surface area contributed by atoms with E-state index in [2.05, 4.69) is 66.3 Å². The average molecular weight is 786 g/mol. The number of aliphatic hydroxyl groups is 1. The van der Waals surface area contributed by atoms with Gasteiger partial charge in [0.1, 0.15) is 29.5 Å². The van der Waals surface area contributed by atoms with Gasteiger partial charge in [-0.15, -0.1) is 0 Å². The molecule has 1 saturated carbocycles. The SMILES string of the molecule is COc1ccc(C(OC[C@H]2C[C@@H](n3cnc4c(NC(=O)c5ccccc5)ncnc43)[C@H](O)[C@@H]2O[Si](C)(C)C(C)(C)C)(c2ccccc2)c2ccc(OC)cc2)cc1. The minimum Gasteiger partial charge on any atom is -0.497 e. The summed E-state index contributed by atoms with van der Waals surface area (Å²) < 4.78 is 27.5. The lowest BCUT2D eigenvalue weighted by atomic mass is 9.79. The van der Waals surface area contributed by atoms with Gasteiger partial charge in [0.15, 0.2) is 25.3 Å². The van der Waals surface area contributed by atoms with Crippen molar-refractivity contribution in [1.29, 1.82) is 0 Å². The highest BCUT2D eigenvalue weighted by Crippen LogP contribution is 2.47. The van der Waals surface area contributed by atoms with E-state index < -0.39 is 32.2 Å². The summed E-state index contributed by atoms with van der Waals surface area (Å²) >= 11 is 0. The number of benzene rings is 4. The summed E-state index contributed by atoms with van der Waals surface area (Å²) in [5, 5.41) is 15.2. The Hall–Kier alpha value is -5.40. The number of ether oxygens (including phenoxy) is 3. The second-order valence-electron chi connectivity index (χ2n) is 16.1. The first-order valence-corrected chi connectivity index (χ1v) is 22.2. The van der Waals surface area contributed by atoms with Gasteiger partial charge in [0.05, 0.1) is 39.3 Å². The number of imidazole rings is 1. The van der Waals surface area contributed by atoms with E-state index in [-0.39, 0.29) is 23.5 Å². The summed E-state index contributed by atoms with van der Waals surface area (Å²) in [6, 6.07) is 34.6. The number of nitrogens with zero attached hydrogens (tertiary/aromatic N) is 4. The largest absolute Gasteiger partial charge is 0.497 e. The molecule has 4 aromatic carbocycles. The Morgan fingerprint density at radius 1 is 0.807 bits per heavy atom. The van der Waals surface area contributed by atoms with Crippen LogP contribution in [0, 0.1) is 5.92 Å². The van der Waals surface area contributed by atoms with Gasteiger partial charge in [-0.3, -0.25) is 4.79 Å². The van der Waals surface area contributed by atoms with Gasteiger partial charge in [-0.1, -0.05) is 93.6 Å². The number of carbonyl (C=O) groups excluding carboxylic acids is 1. The van der Waals surface area contributed by atoms with Crippen LogP contribution in [0.5, 0.6) is 11.5 Å². The second-order valence-corrected chi connectivity index (χ2v) is 20.8. The monoisotopic (exact) mass is 785 g/mol. The Bertz CT molecular complexity index is 2230. The summed E-state index contributed by atoms with van der Waals surface area (Å²) in [6.07, 6.45) is 2.10. The lowest BCUT2D eigenvalue weighted by molar-refractivity contribution is -0.0452. The fourth-order valence-corrected chi connectivity index (χ4v) is 8.83. The van der Waals surface area contributed by atoms with E-state index in [1.54, 1.807) is 44.8 Å². The smallest absolute Gasteiger partial charge is 0.256 e. The first kappa shape index (κ1) is 39.8. The molecule has 2 N–H and O–H groups in total. The summed E-state index contributed by atoms with van der Waals surface area (Å²) in [4.78, 5) is 26.7. The summed E-state index contributed by atoms with van der Waals surface area (Å²) in [5.41, 5.74) is 3.15. The molecule has 0 saturated heterocycles. The molecule has 0 unspecified atom stereocenters. The van der Waals surface area contributed by atoms with Gasteiger partial charge >= 0.3 is 0 Å². The normalized spacial score (nSPS) is 18.7. The number of anilines is 1. The van der Waals surface area contributed by atoms with Crippen molar-refractivity contribution in [2.75, 3.05) is 26.1 Å². The van der Waals surface area contributed by atoms with Crippen molar-refractivity contribution in [3.05, 3.63) is 144 Å². The molecule has 296 valence electrons. The Morgan fingerprint density at radius 2 is 1.37 bits per heavy atom. The highest BCUT2D eigenvalue weighted by Gasteiger charge is 2.51. The molecule has 1 aliphatic carbocycles. The van der Waals surface area contributed by atoms with Crippen LogP contribution in [-0.2, 0) is 14.8 Å². The first-order valence-electron chi connectivity index (χ1n) is 19.2. The van der Waals surface area contributed by atoms with Gasteiger partial charge in [-0.2, -0.15) is 0 Å². The van der Waals surface area contributed by atoms with E-state index in [1.165, 1.54) is 6.33 Å². The number of rotatable bonds is 13. The van der Waals surface area contributed by atoms with Crippen LogP contribution in [0.4, 0.5) is 5.82 Å². The molecule has 1 aliphatic rings. The highest BCUT2D eigenvalue weighted by atomic mass is 28.4. The number of methoxy groups -OCH3 is 2. The summed E-state index contributed by atoms with van der Waals surface area (Å²) in [6.45, 7) is 11.2. The van der Waals surface area contributed by atoms with E-state index in [0.29, 0.717) is 29.0 Å². The molecule has 6 aromatic rings. The van der Waals surface area contributed by atoms with Crippen molar-refractivity contribution in [2.45, 2.75) is 69.2 Å². The van der Waals surface area contributed by atoms with Gasteiger partial charge in [-0.05, 0) is 77.6 Å². The molecule has 0 aliphatic heterocycles. The third kappa shape index (κ3) is 7.82. The fraction of sp³-hybridized carbons (Fsp3) is 0.333. The molecule has 1 amide bonds. The van der Waals surface area contributed by atoms with Gasteiger partial charge in [-0.25, -0.2) is 15.0 Å². The molecule has 57 heavy (non-hydrogen) atoms. The van der Waals surface area contributed by atoms with Crippen molar-refractivity contribution in [3.63, 3.8) is 0 Å². The van der Waals surface area contributed by atoms with Crippen molar-refractivity contribution in [3.8, 4) is 11.5 Å². The van der Waals surface area contributed by atoms with E-state index in [9.17, 15) is 9.90 Å². The molecule has 2 heterocycles. The number of hydrogen-bond acceptors (Lipinski definition) is 9. The van der Waals surface area contributed by atoms with Crippen LogP contribution in [0.1, 0.15) is 60.3 Å². The predicted molar refractivity (Wildman–Crippen MR) is 223 cm³/mol. The number of nitrogens with one attached hydrogen (secondary N) is 1. The lowest BCUT2D eigenvalue weighted by Crippen LogP contribution is -2.49. The zero-order valence-electron chi connectivity index (χ0n) is 33.5. The first-order chi connectivity index (χ1) is 27.4. The van der Waals surface area contributed by atoms with E-state index in [4.69, 9.17) is 18.6 Å². The Kier molecular flexibility index (Phi) is 11.3. The molecule has 7 rings (SSSR count). The molecule has 4 atom stereocenters. The number of fused-ring (bicyclic) bond motifs is 1. The van der Waals surface area contributed by atoms with Crippen molar-refractivity contribution in [1.82, 2.24) is 19.5 Å². The van der Waals surface area contributed by atoms with Crippen LogP contribution < -0.4 is 14.8 Å². The maximum Gasteiger partial charge on any atom is 0.256 e. The molecule has 0 spiro atoms. The topological polar surface area (TPSA) is 130 Å². The number of aromatic nitrogens is 4. The van der Waals surface area contributed by atoms with E-state index in [0.717, 1.165) is 28.2 Å². The summed E-state index contributed by atoms with van der Waals surface area (Å²) in [5.74, 6) is 1.22. The molecular weight excluding hydrogens is 735 g/mol. The molecule has 2 aromatic heterocycles. The minimum absolute atomic E-state index is 0.114. The van der Waals surface area contributed by atoms with Crippen molar-refractivity contribution >= 4 is 31.2 Å². The highest BCUT2D eigenvalue weighted by molar-refractivity contribution is 6.74. The van der Waals surface area contributed by atoms with Crippen LogP contribution in [-0.4, -0.2) is 71.9 Å². The van der Waals surface area contributed by atoms with Crippen molar-refractivity contribution < 1.29 is 28.5 Å². The lowest BCUT2D eigenvalue weighted by Gasteiger charge is -2.41. The quantitative estimate of drug-likeness (QED) is 0.0876. The fourth-order valence-electron chi connectivity index (χ4n) is 7.47. The third-order valence-corrected chi connectivity index (χ3v) is 16.1. The number of aliphatic hydroxyl groups excluding tert-OH is 1. The maximum absolute atomic E-state index is 13.1. The van der Waals surface area contributed by atoms with Crippen LogP contribution in [0.25, 0.3) is 11.2 Å². The van der Waals surface area contributed by atoms with Crippen LogP contribution >= 0.6 is 0 Å². The molecule has 1 fully saturated rings. The second kappa shape index (κ2) is 16.2. The molecule has 0 radical (unpaired) electrons. The zero-order valence-corrected chi connectivity index (χ0v) is 34.5.